The van der Waals surface area contributed by atoms with Crippen molar-refractivity contribution < 1.29 is 14.3 Å². The van der Waals surface area contributed by atoms with Gasteiger partial charge in [0.05, 0.1) is 5.39 Å². The maximum Gasteiger partial charge on any atom is 0.261 e. The van der Waals surface area contributed by atoms with E-state index in [1.807, 2.05) is 56.1 Å². The van der Waals surface area contributed by atoms with Gasteiger partial charge in [0, 0.05) is 36.9 Å². The van der Waals surface area contributed by atoms with E-state index in [0.717, 1.165) is 53.5 Å². The molecule has 2 aliphatic carbocycles. The average Bonchev–Trinajstić information content (AvgIpc) is 3.71. The van der Waals surface area contributed by atoms with Crippen LogP contribution in [0.15, 0.2) is 30.3 Å². The van der Waals surface area contributed by atoms with Gasteiger partial charge in [-0.15, -0.1) is 5.10 Å². The van der Waals surface area contributed by atoms with Crippen LogP contribution in [0.4, 0.5) is 0 Å². The van der Waals surface area contributed by atoms with Crippen LogP contribution in [0.25, 0.3) is 11.0 Å². The van der Waals surface area contributed by atoms with Crippen LogP contribution in [0.2, 0.25) is 0 Å². The molecule has 2 amide bonds. The predicted molar refractivity (Wildman–Crippen MR) is 124 cm³/mol. The molecule has 0 saturated heterocycles. The van der Waals surface area contributed by atoms with E-state index in [-0.39, 0.29) is 24.5 Å². The molecular weight excluding hydrogens is 418 g/mol. The highest BCUT2D eigenvalue weighted by Crippen LogP contribution is 2.30. The second-order valence-electron chi connectivity index (χ2n) is 9.19. The van der Waals surface area contributed by atoms with Crippen LogP contribution in [-0.4, -0.2) is 50.2 Å². The fraction of sp³-hybridized carbons (Fsp3) is 0.440. The Kier molecular flexibility index (Phi) is 5.52. The molecule has 5 rings (SSSR count). The molecule has 0 unspecified atom stereocenters. The SMILES string of the molecule is Cc1cc(C)c2c(OCC(=O)N(Cc3ccc(C(=O)NC4CC4)cc3)C3CC3)nn(C)c2n1. The van der Waals surface area contributed by atoms with Gasteiger partial charge in [0.2, 0.25) is 5.88 Å². The molecule has 172 valence electrons. The normalized spacial score (nSPS) is 15.5. The minimum atomic E-state index is -0.0716. The highest BCUT2D eigenvalue weighted by atomic mass is 16.5. The van der Waals surface area contributed by atoms with E-state index in [4.69, 9.17) is 4.74 Å². The third kappa shape index (κ3) is 4.69. The number of rotatable bonds is 8. The van der Waals surface area contributed by atoms with Gasteiger partial charge in [-0.1, -0.05) is 12.1 Å². The van der Waals surface area contributed by atoms with E-state index in [9.17, 15) is 9.59 Å². The van der Waals surface area contributed by atoms with Crippen molar-refractivity contribution >= 4 is 22.8 Å². The molecule has 2 heterocycles. The number of amides is 2. The molecule has 33 heavy (non-hydrogen) atoms. The van der Waals surface area contributed by atoms with Gasteiger partial charge in [-0.25, -0.2) is 9.67 Å². The Bertz CT molecular complexity index is 1210. The maximum atomic E-state index is 13.1. The van der Waals surface area contributed by atoms with Gasteiger partial charge in [-0.2, -0.15) is 0 Å². The van der Waals surface area contributed by atoms with Crippen LogP contribution in [0.1, 0.15) is 52.9 Å². The molecule has 0 atom stereocenters. The van der Waals surface area contributed by atoms with Gasteiger partial charge in [-0.05, 0) is 68.9 Å². The summed E-state index contributed by atoms with van der Waals surface area (Å²) in [6.07, 6.45) is 4.13. The zero-order chi connectivity index (χ0) is 23.1. The van der Waals surface area contributed by atoms with Crippen LogP contribution in [0, 0.1) is 13.8 Å². The molecule has 1 N–H and O–H groups in total. The van der Waals surface area contributed by atoms with Crippen LogP contribution < -0.4 is 10.1 Å². The van der Waals surface area contributed by atoms with Crippen molar-refractivity contribution in [3.8, 4) is 5.88 Å². The van der Waals surface area contributed by atoms with Crippen LogP contribution in [0.5, 0.6) is 5.88 Å². The molecule has 2 saturated carbocycles. The molecule has 1 aromatic carbocycles. The molecular formula is C25H29N5O3. The van der Waals surface area contributed by atoms with Crippen molar-refractivity contribution in [1.82, 2.24) is 25.0 Å². The lowest BCUT2D eigenvalue weighted by Gasteiger charge is -2.22. The molecule has 3 aromatic rings. The molecule has 8 nitrogen and oxygen atoms in total. The predicted octanol–water partition coefficient (Wildman–Crippen LogP) is 3.05. The molecule has 2 aliphatic rings. The van der Waals surface area contributed by atoms with Crippen molar-refractivity contribution in [3.63, 3.8) is 0 Å². The van der Waals surface area contributed by atoms with Crippen LogP contribution in [-0.2, 0) is 18.4 Å². The molecule has 2 aromatic heterocycles. The molecule has 0 aliphatic heterocycles. The number of ether oxygens (including phenoxy) is 1. The highest BCUT2D eigenvalue weighted by molar-refractivity contribution is 5.94. The van der Waals surface area contributed by atoms with E-state index in [1.54, 1.807) is 4.68 Å². The number of pyridine rings is 1. The van der Waals surface area contributed by atoms with Gasteiger partial charge >= 0.3 is 0 Å². The Morgan fingerprint density at radius 1 is 1.15 bits per heavy atom. The number of hydrogen-bond acceptors (Lipinski definition) is 5. The van der Waals surface area contributed by atoms with E-state index >= 15 is 0 Å². The van der Waals surface area contributed by atoms with E-state index in [0.29, 0.717) is 24.0 Å². The van der Waals surface area contributed by atoms with Crippen LogP contribution >= 0.6 is 0 Å². The Morgan fingerprint density at radius 3 is 2.55 bits per heavy atom. The summed E-state index contributed by atoms with van der Waals surface area (Å²) < 4.78 is 7.59. The maximum absolute atomic E-state index is 13.1. The first kappa shape index (κ1) is 21.4. The molecule has 0 bridgehead atoms. The fourth-order valence-electron chi connectivity index (χ4n) is 4.12. The van der Waals surface area contributed by atoms with E-state index in [2.05, 4.69) is 15.4 Å². The summed E-state index contributed by atoms with van der Waals surface area (Å²) in [5.41, 5.74) is 4.34. The summed E-state index contributed by atoms with van der Waals surface area (Å²) in [7, 11) is 1.83. The summed E-state index contributed by atoms with van der Waals surface area (Å²) in [6.45, 7) is 4.37. The first-order chi connectivity index (χ1) is 15.9. The Hall–Kier alpha value is -3.42. The topological polar surface area (TPSA) is 89.4 Å². The van der Waals surface area contributed by atoms with Gasteiger partial charge < -0.3 is 15.0 Å². The zero-order valence-electron chi connectivity index (χ0n) is 19.3. The number of aromatic nitrogens is 3. The number of hydrogen-bond donors (Lipinski definition) is 1. The minimum absolute atomic E-state index is 0.0323. The van der Waals surface area contributed by atoms with E-state index in [1.165, 1.54) is 0 Å². The third-order valence-electron chi connectivity index (χ3n) is 6.21. The number of benzene rings is 1. The number of aryl methyl sites for hydroxylation is 3. The quantitative estimate of drug-likeness (QED) is 0.573. The number of nitrogens with zero attached hydrogens (tertiary/aromatic N) is 4. The Balaban J connectivity index is 1.25. The summed E-state index contributed by atoms with van der Waals surface area (Å²) in [5.74, 6) is 0.340. The third-order valence-corrected chi connectivity index (χ3v) is 6.21. The standard InChI is InChI=1S/C25H29N5O3/c1-15-12-16(2)26-23-22(15)25(28-29(23)3)33-14-21(31)30(20-10-11-20)13-17-4-6-18(7-5-17)24(32)27-19-8-9-19/h4-7,12,19-20H,8-11,13-14H2,1-3H3,(H,27,32). The summed E-state index contributed by atoms with van der Waals surface area (Å²) in [6, 6.07) is 10.1. The number of nitrogens with one attached hydrogen (secondary N) is 1. The zero-order valence-corrected chi connectivity index (χ0v) is 19.3. The lowest BCUT2D eigenvalue weighted by atomic mass is 10.1. The van der Waals surface area contributed by atoms with E-state index < -0.39 is 0 Å². The lowest BCUT2D eigenvalue weighted by Crippen LogP contribution is -2.36. The first-order valence-corrected chi connectivity index (χ1v) is 11.5. The fourth-order valence-corrected chi connectivity index (χ4v) is 4.12. The highest BCUT2D eigenvalue weighted by Gasteiger charge is 2.33. The smallest absolute Gasteiger partial charge is 0.261 e. The summed E-state index contributed by atoms with van der Waals surface area (Å²) >= 11 is 0. The van der Waals surface area contributed by atoms with Crippen molar-refractivity contribution in [2.24, 2.45) is 7.05 Å². The Labute approximate surface area is 192 Å². The van der Waals surface area contributed by atoms with Gasteiger partial charge in [0.15, 0.2) is 12.3 Å². The monoisotopic (exact) mass is 447 g/mol. The second kappa shape index (κ2) is 8.50. The molecule has 8 heteroatoms. The largest absolute Gasteiger partial charge is 0.466 e. The molecule has 0 spiro atoms. The summed E-state index contributed by atoms with van der Waals surface area (Å²) in [5, 5.41) is 8.28. The van der Waals surface area contributed by atoms with Crippen molar-refractivity contribution in [2.45, 2.75) is 58.2 Å². The van der Waals surface area contributed by atoms with Crippen molar-refractivity contribution in [2.75, 3.05) is 6.61 Å². The second-order valence-corrected chi connectivity index (χ2v) is 9.19. The Morgan fingerprint density at radius 2 is 1.88 bits per heavy atom. The molecule has 0 radical (unpaired) electrons. The minimum Gasteiger partial charge on any atom is -0.466 e. The van der Waals surface area contributed by atoms with Crippen LogP contribution in [0.3, 0.4) is 0 Å². The number of carbonyl (C=O) groups is 2. The number of fused-ring (bicyclic) bond motifs is 1. The van der Waals surface area contributed by atoms with Gasteiger partial charge in [0.1, 0.15) is 0 Å². The summed E-state index contributed by atoms with van der Waals surface area (Å²) in [4.78, 5) is 31.7. The molecule has 2 fully saturated rings. The number of carbonyl (C=O) groups excluding carboxylic acids is 2. The van der Waals surface area contributed by atoms with Gasteiger partial charge in [-0.3, -0.25) is 9.59 Å². The van der Waals surface area contributed by atoms with Crippen molar-refractivity contribution in [1.29, 1.82) is 0 Å². The first-order valence-electron chi connectivity index (χ1n) is 11.5. The average molecular weight is 448 g/mol. The lowest BCUT2D eigenvalue weighted by molar-refractivity contribution is -0.134. The van der Waals surface area contributed by atoms with Gasteiger partial charge in [0.25, 0.3) is 11.8 Å². The van der Waals surface area contributed by atoms with Crippen molar-refractivity contribution in [3.05, 3.63) is 52.7 Å².